The number of carbonyl (C=O) groups excluding carboxylic acids is 2. The molecule has 0 saturated heterocycles. The molecule has 0 aliphatic rings. The molecule has 344 valence electrons. The van der Waals surface area contributed by atoms with Crippen LogP contribution in [0.3, 0.4) is 0 Å². The summed E-state index contributed by atoms with van der Waals surface area (Å²) in [6, 6.07) is 0. The number of phosphoric acid groups is 1. The number of carbonyl (C=O) groups is 2. The monoisotopic (exact) mass is 847 g/mol. The van der Waals surface area contributed by atoms with Gasteiger partial charge in [0.15, 0.2) is 6.10 Å². The van der Waals surface area contributed by atoms with Crippen LogP contribution in [0.4, 0.5) is 0 Å². The average Bonchev–Trinajstić information content (AvgIpc) is 3.21. The second-order valence-corrected chi connectivity index (χ2v) is 17.9. The summed E-state index contributed by atoms with van der Waals surface area (Å²) in [6.07, 6.45) is 43.2. The van der Waals surface area contributed by atoms with Gasteiger partial charge in [-0.25, -0.2) is 4.57 Å². The maximum absolute atomic E-state index is 12.7. The van der Waals surface area contributed by atoms with Crippen LogP contribution < -0.4 is 0 Å². The standard InChI is InChI=1S/C47H91O10P/c1-3-5-7-9-11-13-15-17-19-20-21-22-23-25-27-29-31-33-35-37-39-47(51)57-45(43-56-58(52,53)55-41-44(49)40-48)42-54-46(50)38-36-34-32-30-28-26-24-18-16-14-12-10-8-6-4-2/h18,24,44-45,48-49H,3-17,19-23,25-43H2,1-2H3,(H,52,53)/b24-18-/t44-,45+/m0/s1. The number of rotatable bonds is 46. The Morgan fingerprint density at radius 1 is 0.500 bits per heavy atom. The van der Waals surface area contributed by atoms with Crippen LogP contribution >= 0.6 is 7.82 Å². The van der Waals surface area contributed by atoms with Gasteiger partial charge in [0.25, 0.3) is 0 Å². The van der Waals surface area contributed by atoms with Crippen molar-refractivity contribution in [3.8, 4) is 0 Å². The molecule has 0 aromatic heterocycles. The van der Waals surface area contributed by atoms with Crippen molar-refractivity contribution in [1.29, 1.82) is 0 Å². The number of aliphatic hydroxyl groups is 2. The molecule has 0 spiro atoms. The van der Waals surface area contributed by atoms with Gasteiger partial charge in [-0.05, 0) is 38.5 Å². The number of hydrogen-bond donors (Lipinski definition) is 3. The van der Waals surface area contributed by atoms with Crippen LogP contribution in [0.15, 0.2) is 12.2 Å². The molecule has 0 aromatic carbocycles. The van der Waals surface area contributed by atoms with Crippen LogP contribution in [0.1, 0.15) is 239 Å². The Bertz CT molecular complexity index is 977. The highest BCUT2D eigenvalue weighted by Gasteiger charge is 2.27. The first kappa shape index (κ1) is 56.7. The fourth-order valence-corrected chi connectivity index (χ4v) is 7.72. The van der Waals surface area contributed by atoms with Gasteiger partial charge >= 0.3 is 19.8 Å². The third kappa shape index (κ3) is 42.8. The van der Waals surface area contributed by atoms with Crippen molar-refractivity contribution in [2.24, 2.45) is 0 Å². The van der Waals surface area contributed by atoms with Crippen LogP contribution in [0.5, 0.6) is 0 Å². The Kier molecular flexibility index (Phi) is 42.8. The first-order chi connectivity index (χ1) is 28.2. The molecule has 11 heteroatoms. The summed E-state index contributed by atoms with van der Waals surface area (Å²) in [5.74, 6) is -0.920. The highest BCUT2D eigenvalue weighted by atomic mass is 31.2. The molecular weight excluding hydrogens is 755 g/mol. The van der Waals surface area contributed by atoms with Crippen LogP contribution in [-0.2, 0) is 32.7 Å². The number of phosphoric ester groups is 1. The van der Waals surface area contributed by atoms with Gasteiger partial charge in [0, 0.05) is 12.8 Å². The van der Waals surface area contributed by atoms with E-state index in [9.17, 15) is 24.2 Å². The van der Waals surface area contributed by atoms with Crippen molar-refractivity contribution in [2.75, 3.05) is 26.4 Å². The summed E-state index contributed by atoms with van der Waals surface area (Å²) in [5, 5.41) is 18.4. The van der Waals surface area contributed by atoms with E-state index in [2.05, 4.69) is 26.0 Å². The lowest BCUT2D eigenvalue weighted by Crippen LogP contribution is -2.29. The lowest BCUT2D eigenvalue weighted by atomic mass is 10.0. The van der Waals surface area contributed by atoms with Crippen molar-refractivity contribution in [1.82, 2.24) is 0 Å². The maximum atomic E-state index is 12.7. The molecule has 0 fully saturated rings. The summed E-state index contributed by atoms with van der Waals surface area (Å²) in [6.45, 7) is 2.41. The zero-order chi connectivity index (χ0) is 42.6. The molecule has 0 aliphatic heterocycles. The molecule has 3 N–H and O–H groups in total. The third-order valence-corrected chi connectivity index (χ3v) is 11.6. The Morgan fingerprint density at radius 2 is 0.845 bits per heavy atom. The summed E-state index contributed by atoms with van der Waals surface area (Å²) < 4.78 is 32.8. The molecule has 0 saturated carbocycles. The summed E-state index contributed by atoms with van der Waals surface area (Å²) in [5.41, 5.74) is 0. The second-order valence-electron chi connectivity index (χ2n) is 16.5. The normalized spacial score (nSPS) is 13.8. The molecule has 10 nitrogen and oxygen atoms in total. The van der Waals surface area contributed by atoms with Crippen molar-refractivity contribution in [2.45, 2.75) is 251 Å². The van der Waals surface area contributed by atoms with E-state index in [0.717, 1.165) is 51.4 Å². The Labute approximate surface area is 356 Å². The third-order valence-electron chi connectivity index (χ3n) is 10.7. The van der Waals surface area contributed by atoms with Crippen molar-refractivity contribution >= 4 is 19.8 Å². The fourth-order valence-electron chi connectivity index (χ4n) is 6.93. The highest BCUT2D eigenvalue weighted by molar-refractivity contribution is 7.47. The van der Waals surface area contributed by atoms with Gasteiger partial charge in [-0.3, -0.25) is 18.6 Å². The number of esters is 2. The van der Waals surface area contributed by atoms with Crippen LogP contribution in [0.25, 0.3) is 0 Å². The molecule has 1 unspecified atom stereocenters. The van der Waals surface area contributed by atoms with Crippen molar-refractivity contribution in [3.05, 3.63) is 12.2 Å². The number of hydrogen-bond acceptors (Lipinski definition) is 9. The lowest BCUT2D eigenvalue weighted by molar-refractivity contribution is -0.161. The molecule has 3 atom stereocenters. The minimum Gasteiger partial charge on any atom is -0.462 e. The largest absolute Gasteiger partial charge is 0.472 e. The minimum absolute atomic E-state index is 0.189. The molecule has 0 radical (unpaired) electrons. The number of unbranched alkanes of at least 4 members (excludes halogenated alkanes) is 30. The predicted molar refractivity (Wildman–Crippen MR) is 238 cm³/mol. The van der Waals surface area contributed by atoms with Gasteiger partial charge in [-0.1, -0.05) is 199 Å². The molecule has 0 rings (SSSR count). The van der Waals surface area contributed by atoms with E-state index in [1.165, 1.54) is 148 Å². The zero-order valence-electron chi connectivity index (χ0n) is 37.5. The zero-order valence-corrected chi connectivity index (χ0v) is 38.4. The highest BCUT2D eigenvalue weighted by Crippen LogP contribution is 2.43. The second kappa shape index (κ2) is 43.8. The van der Waals surface area contributed by atoms with Gasteiger partial charge in [-0.2, -0.15) is 0 Å². The van der Waals surface area contributed by atoms with E-state index < -0.39 is 51.8 Å². The molecule has 0 amide bonds. The molecule has 0 aromatic rings. The Morgan fingerprint density at radius 3 is 1.24 bits per heavy atom. The molecule has 58 heavy (non-hydrogen) atoms. The quantitative estimate of drug-likeness (QED) is 0.0234. The lowest BCUT2D eigenvalue weighted by Gasteiger charge is -2.20. The van der Waals surface area contributed by atoms with E-state index in [1.807, 2.05) is 0 Å². The van der Waals surface area contributed by atoms with Crippen molar-refractivity contribution < 1.29 is 47.8 Å². The molecule has 0 aliphatic carbocycles. The first-order valence-electron chi connectivity index (χ1n) is 24.1. The van der Waals surface area contributed by atoms with Crippen molar-refractivity contribution in [3.63, 3.8) is 0 Å². The summed E-state index contributed by atoms with van der Waals surface area (Å²) in [4.78, 5) is 35.1. The molecule has 0 bridgehead atoms. The predicted octanol–water partition coefficient (Wildman–Crippen LogP) is 13.2. The number of ether oxygens (including phenoxy) is 2. The van der Waals surface area contributed by atoms with E-state index in [4.69, 9.17) is 23.6 Å². The summed E-state index contributed by atoms with van der Waals surface area (Å²) in [7, 11) is -4.62. The SMILES string of the molecule is CCCCCCCC/C=C\CCCCCCCC(=O)OC[C@H](COP(=O)(O)OC[C@@H](O)CO)OC(=O)CCCCCCCCCCCCCCCCCCCCCC. The van der Waals surface area contributed by atoms with Gasteiger partial charge in [0.1, 0.15) is 12.7 Å². The van der Waals surface area contributed by atoms with E-state index in [0.29, 0.717) is 12.8 Å². The first-order valence-corrected chi connectivity index (χ1v) is 25.6. The summed E-state index contributed by atoms with van der Waals surface area (Å²) >= 11 is 0. The van der Waals surface area contributed by atoms with E-state index in [-0.39, 0.29) is 19.4 Å². The van der Waals surface area contributed by atoms with Gasteiger partial charge in [0.05, 0.1) is 19.8 Å². The minimum atomic E-state index is -4.62. The maximum Gasteiger partial charge on any atom is 0.472 e. The topological polar surface area (TPSA) is 149 Å². The van der Waals surface area contributed by atoms with Gasteiger partial charge in [-0.15, -0.1) is 0 Å². The van der Waals surface area contributed by atoms with Gasteiger partial charge in [0.2, 0.25) is 0 Å². The Hall–Kier alpha value is -1.29. The van der Waals surface area contributed by atoms with E-state index >= 15 is 0 Å². The Balaban J connectivity index is 4.18. The molecular formula is C47H91O10P. The fraction of sp³-hybridized carbons (Fsp3) is 0.915. The smallest absolute Gasteiger partial charge is 0.462 e. The van der Waals surface area contributed by atoms with Gasteiger partial charge < -0.3 is 24.6 Å². The number of allylic oxidation sites excluding steroid dienone is 2. The van der Waals surface area contributed by atoms with Crippen LogP contribution in [-0.4, -0.2) is 65.7 Å². The van der Waals surface area contributed by atoms with Crippen LogP contribution in [0, 0.1) is 0 Å². The molecule has 0 heterocycles. The number of aliphatic hydroxyl groups excluding tert-OH is 2. The van der Waals surface area contributed by atoms with Crippen LogP contribution in [0.2, 0.25) is 0 Å². The average molecular weight is 847 g/mol. The van der Waals surface area contributed by atoms with E-state index in [1.54, 1.807) is 0 Å².